The smallest absolute Gasteiger partial charge is 0.231 e. The van der Waals surface area contributed by atoms with Crippen molar-refractivity contribution in [2.75, 3.05) is 11.9 Å². The third-order valence-corrected chi connectivity index (χ3v) is 1.80. The summed E-state index contributed by atoms with van der Waals surface area (Å²) in [6.07, 6.45) is 1.96. The molecule has 0 saturated heterocycles. The molecule has 56 valence electrons. The van der Waals surface area contributed by atoms with E-state index < -0.39 is 11.3 Å². The van der Waals surface area contributed by atoms with Gasteiger partial charge in [-0.25, -0.2) is 8.93 Å². The first-order valence-corrected chi connectivity index (χ1v) is 4.90. The van der Waals surface area contributed by atoms with Crippen LogP contribution >= 0.6 is 15.9 Å². The van der Waals surface area contributed by atoms with Crippen molar-refractivity contribution in [1.82, 2.24) is 4.72 Å². The van der Waals surface area contributed by atoms with Crippen LogP contribution in [0, 0.1) is 0 Å². The average Bonchev–Trinajstić information content (AvgIpc) is 1.80. The molecule has 0 amide bonds. The molecule has 9 heavy (non-hydrogen) atoms. The molecule has 0 bridgehead atoms. The normalized spacial score (nSPS) is 13.6. The van der Waals surface area contributed by atoms with Gasteiger partial charge in [0.2, 0.25) is 11.3 Å². The maximum Gasteiger partial charge on any atom is 0.231 e. The molecule has 0 aliphatic carbocycles. The van der Waals surface area contributed by atoms with Gasteiger partial charge in [-0.3, -0.25) is 4.55 Å². The molecule has 0 aromatic heterocycles. The summed E-state index contributed by atoms with van der Waals surface area (Å²) in [5, 5.41) is 0.951. The van der Waals surface area contributed by atoms with E-state index in [2.05, 4.69) is 20.7 Å². The molecule has 0 radical (unpaired) electrons. The second-order valence-corrected chi connectivity index (χ2v) is 3.12. The van der Waals surface area contributed by atoms with Crippen molar-refractivity contribution < 1.29 is 8.76 Å². The van der Waals surface area contributed by atoms with E-state index in [0.717, 1.165) is 18.2 Å². The highest BCUT2D eigenvalue weighted by Gasteiger charge is 1.89. The van der Waals surface area contributed by atoms with E-state index in [-0.39, 0.29) is 0 Å². The van der Waals surface area contributed by atoms with E-state index in [4.69, 9.17) is 4.55 Å². The van der Waals surface area contributed by atoms with Crippen molar-refractivity contribution in [2.24, 2.45) is 0 Å². The standard InChI is InChI=1S/C4H10BrNO2S/c5-3-1-2-4-6-9(7)8/h6H,1-4H2,(H,7,8). The fourth-order valence-corrected chi connectivity index (χ4v) is 1.09. The van der Waals surface area contributed by atoms with E-state index in [0.29, 0.717) is 6.54 Å². The SMILES string of the molecule is O=S(O)NCCCCBr. The molecular formula is C4H10BrNO2S. The van der Waals surface area contributed by atoms with Crippen molar-refractivity contribution in [2.45, 2.75) is 12.8 Å². The molecule has 0 aromatic rings. The van der Waals surface area contributed by atoms with Crippen LogP contribution in [0.5, 0.6) is 0 Å². The molecule has 3 nitrogen and oxygen atoms in total. The Morgan fingerprint density at radius 3 is 2.67 bits per heavy atom. The van der Waals surface area contributed by atoms with Gasteiger partial charge in [0, 0.05) is 11.9 Å². The minimum atomic E-state index is -1.83. The summed E-state index contributed by atoms with van der Waals surface area (Å²) in [4.78, 5) is 0. The number of nitrogens with one attached hydrogen (secondary N) is 1. The summed E-state index contributed by atoms with van der Waals surface area (Å²) < 4.78 is 20.5. The molecule has 0 rings (SSSR count). The van der Waals surface area contributed by atoms with Crippen LogP contribution < -0.4 is 4.72 Å². The fourth-order valence-electron chi connectivity index (χ4n) is 0.379. The van der Waals surface area contributed by atoms with E-state index >= 15 is 0 Å². The van der Waals surface area contributed by atoms with Gasteiger partial charge < -0.3 is 0 Å². The second kappa shape index (κ2) is 6.67. The third kappa shape index (κ3) is 8.55. The van der Waals surface area contributed by atoms with E-state index in [1.807, 2.05) is 0 Å². The van der Waals surface area contributed by atoms with Crippen molar-refractivity contribution in [3.8, 4) is 0 Å². The van der Waals surface area contributed by atoms with Gasteiger partial charge in [-0.05, 0) is 12.8 Å². The summed E-state index contributed by atoms with van der Waals surface area (Å²) in [5.41, 5.74) is 0. The molecule has 2 N–H and O–H groups in total. The highest BCUT2D eigenvalue weighted by Crippen LogP contribution is 1.91. The van der Waals surface area contributed by atoms with Gasteiger partial charge in [0.05, 0.1) is 0 Å². The molecule has 0 aliphatic rings. The first-order chi connectivity index (χ1) is 4.27. The number of rotatable bonds is 5. The van der Waals surface area contributed by atoms with E-state index in [1.165, 1.54) is 0 Å². The maximum absolute atomic E-state index is 9.95. The lowest BCUT2D eigenvalue weighted by atomic mass is 10.3. The Hall–Kier alpha value is 0.550. The molecule has 0 aliphatic heterocycles. The third-order valence-electron chi connectivity index (χ3n) is 0.786. The predicted molar refractivity (Wildman–Crippen MR) is 41.8 cm³/mol. The Kier molecular flexibility index (Phi) is 7.07. The van der Waals surface area contributed by atoms with Crippen molar-refractivity contribution in [3.63, 3.8) is 0 Å². The van der Waals surface area contributed by atoms with E-state index in [9.17, 15) is 4.21 Å². The Balaban J connectivity index is 2.83. The molecule has 0 aromatic carbocycles. The predicted octanol–water partition coefficient (Wildman–Crippen LogP) is 0.888. The Morgan fingerprint density at radius 1 is 1.56 bits per heavy atom. The van der Waals surface area contributed by atoms with Crippen LogP contribution in [0.15, 0.2) is 0 Å². The van der Waals surface area contributed by atoms with Gasteiger partial charge in [0.1, 0.15) is 0 Å². The van der Waals surface area contributed by atoms with Crippen LogP contribution in [0.25, 0.3) is 0 Å². The fraction of sp³-hybridized carbons (Fsp3) is 1.00. The number of halogens is 1. The summed E-state index contributed by atoms with van der Waals surface area (Å²) >= 11 is 1.42. The number of unbranched alkanes of at least 4 members (excludes halogenated alkanes) is 1. The highest BCUT2D eigenvalue weighted by molar-refractivity contribution is 9.09. The summed E-state index contributed by atoms with van der Waals surface area (Å²) in [7, 11) is 0. The van der Waals surface area contributed by atoms with Crippen LogP contribution in [-0.2, 0) is 11.3 Å². The summed E-state index contributed by atoms with van der Waals surface area (Å²) in [6.45, 7) is 0.606. The molecule has 5 heteroatoms. The van der Waals surface area contributed by atoms with Crippen molar-refractivity contribution in [3.05, 3.63) is 0 Å². The number of alkyl halides is 1. The lowest BCUT2D eigenvalue weighted by molar-refractivity contribution is 0.546. The summed E-state index contributed by atoms with van der Waals surface area (Å²) in [6, 6.07) is 0. The molecule has 0 fully saturated rings. The van der Waals surface area contributed by atoms with Crippen LogP contribution in [0.1, 0.15) is 12.8 Å². The van der Waals surface area contributed by atoms with Gasteiger partial charge in [0.15, 0.2) is 0 Å². The number of hydrogen-bond acceptors (Lipinski definition) is 1. The molecule has 0 spiro atoms. The molecular weight excluding hydrogens is 206 g/mol. The quantitative estimate of drug-likeness (QED) is 0.407. The van der Waals surface area contributed by atoms with Crippen molar-refractivity contribution >= 4 is 27.2 Å². The van der Waals surface area contributed by atoms with Crippen LogP contribution in [0.3, 0.4) is 0 Å². The molecule has 0 saturated carbocycles. The zero-order valence-electron chi connectivity index (χ0n) is 4.97. The maximum atomic E-state index is 9.95. The van der Waals surface area contributed by atoms with Crippen molar-refractivity contribution in [1.29, 1.82) is 0 Å². The zero-order chi connectivity index (χ0) is 7.11. The lowest BCUT2D eigenvalue weighted by Crippen LogP contribution is -2.17. The Morgan fingerprint density at radius 2 is 2.22 bits per heavy atom. The minimum absolute atomic E-state index is 0.606. The molecule has 1 atom stereocenters. The summed E-state index contributed by atoms with van der Waals surface area (Å²) in [5.74, 6) is 0. The molecule has 1 unspecified atom stereocenters. The topological polar surface area (TPSA) is 49.3 Å². The van der Waals surface area contributed by atoms with Gasteiger partial charge in [-0.15, -0.1) is 0 Å². The van der Waals surface area contributed by atoms with Gasteiger partial charge >= 0.3 is 0 Å². The van der Waals surface area contributed by atoms with Crippen LogP contribution in [0.2, 0.25) is 0 Å². The first kappa shape index (κ1) is 9.55. The Labute approximate surface area is 65.8 Å². The van der Waals surface area contributed by atoms with Crippen LogP contribution in [0.4, 0.5) is 0 Å². The van der Waals surface area contributed by atoms with Gasteiger partial charge in [0.25, 0.3) is 0 Å². The average molecular weight is 216 g/mol. The zero-order valence-corrected chi connectivity index (χ0v) is 7.37. The van der Waals surface area contributed by atoms with Gasteiger partial charge in [-0.1, -0.05) is 15.9 Å². The largest absolute Gasteiger partial charge is 0.294 e. The van der Waals surface area contributed by atoms with E-state index in [1.54, 1.807) is 0 Å². The van der Waals surface area contributed by atoms with Gasteiger partial charge in [-0.2, -0.15) is 0 Å². The minimum Gasteiger partial charge on any atom is -0.294 e. The Bertz CT molecular complexity index is 90.6. The first-order valence-electron chi connectivity index (χ1n) is 2.67. The van der Waals surface area contributed by atoms with Crippen LogP contribution in [-0.4, -0.2) is 20.6 Å². The second-order valence-electron chi connectivity index (χ2n) is 1.54. The highest BCUT2D eigenvalue weighted by atomic mass is 79.9. The lowest BCUT2D eigenvalue weighted by Gasteiger charge is -1.95. The number of hydrogen-bond donors (Lipinski definition) is 2. The monoisotopic (exact) mass is 215 g/mol. The molecule has 0 heterocycles.